The maximum absolute atomic E-state index is 11.8. The third kappa shape index (κ3) is 2.66. The van der Waals surface area contributed by atoms with Gasteiger partial charge in [0.05, 0.1) is 0 Å². The fraction of sp³-hybridized carbons (Fsp3) is 0. The number of pyridine rings is 1. The van der Waals surface area contributed by atoms with Crippen LogP contribution in [0.25, 0.3) is 0 Å². The zero-order chi connectivity index (χ0) is 13.0. The molecule has 0 atom stereocenters. The molecule has 0 unspecified atom stereocenters. The molecule has 1 heterocycles. The van der Waals surface area contributed by atoms with Crippen LogP contribution in [0.5, 0.6) is 0 Å². The SMILES string of the molecule is C#Cc1cccc(NC(=O)c2cccc(=O)[nH]2)c1. The van der Waals surface area contributed by atoms with Gasteiger partial charge >= 0.3 is 0 Å². The largest absolute Gasteiger partial charge is 0.321 e. The summed E-state index contributed by atoms with van der Waals surface area (Å²) in [5.41, 5.74) is 1.14. The molecule has 4 heteroatoms. The summed E-state index contributed by atoms with van der Waals surface area (Å²) in [7, 11) is 0. The number of hydrogen-bond acceptors (Lipinski definition) is 2. The number of hydrogen-bond donors (Lipinski definition) is 2. The van der Waals surface area contributed by atoms with Crippen molar-refractivity contribution in [3.8, 4) is 12.3 Å². The lowest BCUT2D eigenvalue weighted by molar-refractivity contribution is 0.102. The first-order valence-corrected chi connectivity index (χ1v) is 5.26. The first kappa shape index (κ1) is 11.7. The summed E-state index contributed by atoms with van der Waals surface area (Å²) >= 11 is 0. The van der Waals surface area contributed by atoms with Gasteiger partial charge in [-0.05, 0) is 24.3 Å². The molecule has 2 aromatic rings. The van der Waals surface area contributed by atoms with Gasteiger partial charge in [-0.2, -0.15) is 0 Å². The Bertz CT molecular complexity index is 680. The fourth-order valence-corrected chi connectivity index (χ4v) is 1.47. The summed E-state index contributed by atoms with van der Waals surface area (Å²) < 4.78 is 0. The number of amides is 1. The summed E-state index contributed by atoms with van der Waals surface area (Å²) in [5, 5.41) is 2.66. The van der Waals surface area contributed by atoms with E-state index in [1.54, 1.807) is 24.3 Å². The second-order valence-electron chi connectivity index (χ2n) is 3.61. The molecule has 0 aliphatic heterocycles. The van der Waals surface area contributed by atoms with Gasteiger partial charge in [0, 0.05) is 17.3 Å². The normalized spacial score (nSPS) is 9.50. The fourth-order valence-electron chi connectivity index (χ4n) is 1.47. The van der Waals surface area contributed by atoms with E-state index >= 15 is 0 Å². The van der Waals surface area contributed by atoms with E-state index in [2.05, 4.69) is 16.2 Å². The summed E-state index contributed by atoms with van der Waals surface area (Å²) in [6.07, 6.45) is 5.27. The monoisotopic (exact) mass is 238 g/mol. The van der Waals surface area contributed by atoms with Crippen molar-refractivity contribution in [2.24, 2.45) is 0 Å². The highest BCUT2D eigenvalue weighted by molar-refractivity contribution is 6.02. The molecule has 0 aliphatic rings. The second kappa shape index (κ2) is 5.02. The number of anilines is 1. The van der Waals surface area contributed by atoms with Crippen molar-refractivity contribution >= 4 is 11.6 Å². The van der Waals surface area contributed by atoms with Crippen LogP contribution in [0.4, 0.5) is 5.69 Å². The molecule has 0 spiro atoms. The van der Waals surface area contributed by atoms with E-state index in [1.165, 1.54) is 18.2 Å². The van der Waals surface area contributed by atoms with E-state index in [0.29, 0.717) is 11.3 Å². The van der Waals surface area contributed by atoms with Gasteiger partial charge in [0.1, 0.15) is 5.69 Å². The van der Waals surface area contributed by atoms with Crippen molar-refractivity contribution in [3.63, 3.8) is 0 Å². The van der Waals surface area contributed by atoms with Crippen LogP contribution in [-0.4, -0.2) is 10.9 Å². The zero-order valence-electron chi connectivity index (χ0n) is 9.44. The Balaban J connectivity index is 2.21. The minimum Gasteiger partial charge on any atom is -0.321 e. The first-order chi connectivity index (χ1) is 8.69. The number of carbonyl (C=O) groups excluding carboxylic acids is 1. The lowest BCUT2D eigenvalue weighted by Gasteiger charge is -2.05. The van der Waals surface area contributed by atoms with Gasteiger partial charge < -0.3 is 10.3 Å². The summed E-state index contributed by atoms with van der Waals surface area (Å²) in [4.78, 5) is 25.4. The van der Waals surface area contributed by atoms with Gasteiger partial charge in [-0.15, -0.1) is 6.42 Å². The predicted octanol–water partition coefficient (Wildman–Crippen LogP) is 1.61. The van der Waals surface area contributed by atoms with Crippen LogP contribution >= 0.6 is 0 Å². The van der Waals surface area contributed by atoms with Crippen LogP contribution in [0.2, 0.25) is 0 Å². The number of H-pyrrole nitrogens is 1. The summed E-state index contributed by atoms with van der Waals surface area (Å²) in [6, 6.07) is 11.3. The summed E-state index contributed by atoms with van der Waals surface area (Å²) in [6.45, 7) is 0. The highest BCUT2D eigenvalue weighted by Crippen LogP contribution is 2.10. The Morgan fingerprint density at radius 2 is 2.00 bits per heavy atom. The van der Waals surface area contributed by atoms with Crippen molar-refractivity contribution in [2.45, 2.75) is 0 Å². The number of carbonyl (C=O) groups is 1. The van der Waals surface area contributed by atoms with Crippen LogP contribution in [0.3, 0.4) is 0 Å². The molecule has 0 saturated heterocycles. The van der Waals surface area contributed by atoms with E-state index in [1.807, 2.05) is 0 Å². The smallest absolute Gasteiger partial charge is 0.272 e. The van der Waals surface area contributed by atoms with Gasteiger partial charge in [-0.1, -0.05) is 18.1 Å². The molecular formula is C14H10N2O2. The molecule has 0 aliphatic carbocycles. The van der Waals surface area contributed by atoms with Crippen LogP contribution in [0.1, 0.15) is 16.1 Å². The van der Waals surface area contributed by atoms with Gasteiger partial charge in [0.2, 0.25) is 5.56 Å². The Morgan fingerprint density at radius 3 is 2.72 bits per heavy atom. The van der Waals surface area contributed by atoms with Gasteiger partial charge in [-0.25, -0.2) is 0 Å². The maximum Gasteiger partial charge on any atom is 0.272 e. The number of terminal acetylenes is 1. The highest BCUT2D eigenvalue weighted by Gasteiger charge is 2.06. The molecule has 2 N–H and O–H groups in total. The van der Waals surface area contributed by atoms with E-state index in [-0.39, 0.29) is 17.2 Å². The number of aromatic nitrogens is 1. The topological polar surface area (TPSA) is 62.0 Å². The van der Waals surface area contributed by atoms with Gasteiger partial charge in [-0.3, -0.25) is 9.59 Å². The van der Waals surface area contributed by atoms with Crippen LogP contribution < -0.4 is 10.9 Å². The van der Waals surface area contributed by atoms with E-state index in [4.69, 9.17) is 6.42 Å². The zero-order valence-corrected chi connectivity index (χ0v) is 9.44. The lowest BCUT2D eigenvalue weighted by atomic mass is 10.2. The minimum absolute atomic E-state index is 0.202. The standard InChI is InChI=1S/C14H10N2O2/c1-2-10-5-3-6-11(9-10)15-14(18)12-7-4-8-13(17)16-12/h1,3-9H,(H,15,18)(H,16,17). The van der Waals surface area contributed by atoms with Crippen LogP contribution in [0.15, 0.2) is 47.3 Å². The molecule has 1 aromatic heterocycles. The third-order valence-electron chi connectivity index (χ3n) is 2.30. The van der Waals surface area contributed by atoms with Crippen molar-refractivity contribution in [3.05, 3.63) is 64.1 Å². The van der Waals surface area contributed by atoms with Gasteiger partial charge in [0.25, 0.3) is 5.91 Å². The lowest BCUT2D eigenvalue weighted by Crippen LogP contribution is -2.17. The van der Waals surface area contributed by atoms with Crippen LogP contribution in [-0.2, 0) is 0 Å². The summed E-state index contributed by atoms with van der Waals surface area (Å²) in [5.74, 6) is 2.09. The number of aromatic amines is 1. The van der Waals surface area contributed by atoms with Crippen molar-refractivity contribution in [1.29, 1.82) is 0 Å². The molecule has 2 rings (SSSR count). The molecule has 0 radical (unpaired) electrons. The van der Waals surface area contributed by atoms with Gasteiger partial charge in [0.15, 0.2) is 0 Å². The first-order valence-electron chi connectivity index (χ1n) is 5.26. The Labute approximate surface area is 104 Å². The van der Waals surface area contributed by atoms with E-state index < -0.39 is 0 Å². The molecular weight excluding hydrogens is 228 g/mol. The van der Waals surface area contributed by atoms with Crippen molar-refractivity contribution < 1.29 is 4.79 Å². The van der Waals surface area contributed by atoms with Crippen molar-refractivity contribution in [2.75, 3.05) is 5.32 Å². The Morgan fingerprint density at radius 1 is 1.22 bits per heavy atom. The molecule has 4 nitrogen and oxygen atoms in total. The quantitative estimate of drug-likeness (QED) is 0.781. The molecule has 1 amide bonds. The highest BCUT2D eigenvalue weighted by atomic mass is 16.2. The van der Waals surface area contributed by atoms with E-state index in [9.17, 15) is 9.59 Å². The molecule has 18 heavy (non-hydrogen) atoms. The molecule has 1 aromatic carbocycles. The maximum atomic E-state index is 11.8. The number of nitrogens with one attached hydrogen (secondary N) is 2. The average molecular weight is 238 g/mol. The second-order valence-corrected chi connectivity index (χ2v) is 3.61. The molecule has 0 fully saturated rings. The third-order valence-corrected chi connectivity index (χ3v) is 2.30. The molecule has 0 saturated carbocycles. The number of benzene rings is 1. The van der Waals surface area contributed by atoms with E-state index in [0.717, 1.165) is 0 Å². The molecule has 0 bridgehead atoms. The minimum atomic E-state index is -0.387. The predicted molar refractivity (Wildman–Crippen MR) is 69.4 cm³/mol. The molecule has 88 valence electrons. The van der Waals surface area contributed by atoms with Crippen molar-refractivity contribution in [1.82, 2.24) is 4.98 Å². The number of rotatable bonds is 2. The Kier molecular flexibility index (Phi) is 3.26. The van der Waals surface area contributed by atoms with Crippen LogP contribution in [0, 0.1) is 12.3 Å². The average Bonchev–Trinajstić information content (AvgIpc) is 2.39. The Hall–Kier alpha value is -2.80.